The van der Waals surface area contributed by atoms with Crippen molar-refractivity contribution < 1.29 is 20.4 Å². The van der Waals surface area contributed by atoms with E-state index in [-0.39, 0.29) is 20.4 Å². The van der Waals surface area contributed by atoms with E-state index in [0.717, 1.165) is 11.4 Å². The molecule has 0 aliphatic carbocycles. The van der Waals surface area contributed by atoms with Crippen molar-refractivity contribution in [3.63, 3.8) is 0 Å². The van der Waals surface area contributed by atoms with Crippen molar-refractivity contribution >= 4 is 29.2 Å². The zero-order valence-corrected chi connectivity index (χ0v) is 25.6. The standard InChI is InChI=1S/C32H39ClN3.Pd/c1-20(2)24-11-9-12-25(21(3)4)30(24)35-17-18-36(32(35)28-15-16-34-19-29(28)33)31-26(22(5)6)13-10-14-27(31)23(7)8;/h9-14,16-18,20-23H,15H2,1-8H3;/q-1;. The predicted octanol–water partition coefficient (Wildman–Crippen LogP) is 9.54. The molecule has 0 N–H and O–H groups in total. The van der Waals surface area contributed by atoms with Gasteiger partial charge in [-0.15, -0.1) is 17.8 Å². The normalized spacial score (nSPS) is 15.5. The molecule has 0 bridgehead atoms. The van der Waals surface area contributed by atoms with E-state index in [9.17, 15) is 0 Å². The predicted molar refractivity (Wildman–Crippen MR) is 156 cm³/mol. The average molecular weight is 608 g/mol. The van der Waals surface area contributed by atoms with Crippen LogP contribution < -0.4 is 9.80 Å². The van der Waals surface area contributed by atoms with E-state index in [1.165, 1.54) is 33.6 Å². The van der Waals surface area contributed by atoms with Gasteiger partial charge in [0.1, 0.15) is 0 Å². The minimum Gasteiger partial charge on any atom is -0.397 e. The van der Waals surface area contributed by atoms with Crippen molar-refractivity contribution in [1.82, 2.24) is 0 Å². The van der Waals surface area contributed by atoms with Gasteiger partial charge in [-0.3, -0.25) is 0 Å². The Morgan fingerprint density at radius 1 is 0.703 bits per heavy atom. The van der Waals surface area contributed by atoms with Crippen LogP contribution in [-0.4, -0.2) is 6.21 Å². The molecule has 0 spiro atoms. The number of hydrogen-bond donors (Lipinski definition) is 0. The van der Waals surface area contributed by atoms with E-state index in [0.29, 0.717) is 35.1 Å². The van der Waals surface area contributed by atoms with Crippen molar-refractivity contribution in [2.75, 3.05) is 9.80 Å². The maximum absolute atomic E-state index is 6.83. The van der Waals surface area contributed by atoms with Crippen LogP contribution in [0.4, 0.5) is 11.4 Å². The quantitative estimate of drug-likeness (QED) is 0.241. The first-order valence-electron chi connectivity index (χ1n) is 13.2. The fourth-order valence-electron chi connectivity index (χ4n) is 5.21. The third kappa shape index (κ3) is 5.68. The van der Waals surface area contributed by atoms with Crippen LogP contribution in [0.2, 0.25) is 0 Å². The van der Waals surface area contributed by atoms with Gasteiger partial charge in [-0.05, 0) is 51.0 Å². The van der Waals surface area contributed by atoms with E-state index in [2.05, 4.69) is 125 Å². The van der Waals surface area contributed by atoms with Gasteiger partial charge in [-0.25, -0.2) is 0 Å². The van der Waals surface area contributed by atoms with Crippen molar-refractivity contribution in [3.05, 3.63) is 93.7 Å². The topological polar surface area (TPSA) is 18.8 Å². The van der Waals surface area contributed by atoms with Gasteiger partial charge < -0.3 is 14.8 Å². The van der Waals surface area contributed by atoms with Gasteiger partial charge in [0.25, 0.3) is 0 Å². The second-order valence-electron chi connectivity index (χ2n) is 11.0. The SMILES string of the molecule is CC(C)c1cccc(C(C)C)c1N1C=CN(c2c(C(C)C)cccc2C(C)C)C1=C1CC=N[C-]=C1Cl.[Pd]. The molecule has 0 fully saturated rings. The minimum absolute atomic E-state index is 0. The van der Waals surface area contributed by atoms with Gasteiger partial charge in [-0.1, -0.05) is 110 Å². The summed E-state index contributed by atoms with van der Waals surface area (Å²) in [6.45, 7) is 18.2. The first-order chi connectivity index (χ1) is 17.1. The van der Waals surface area contributed by atoms with E-state index in [1.54, 1.807) is 0 Å². The van der Waals surface area contributed by atoms with Gasteiger partial charge in [0.2, 0.25) is 0 Å². The number of nitrogens with zero attached hydrogens (tertiary/aromatic N) is 3. The molecule has 37 heavy (non-hydrogen) atoms. The van der Waals surface area contributed by atoms with Crippen LogP contribution >= 0.6 is 11.6 Å². The molecule has 0 atom stereocenters. The number of anilines is 2. The summed E-state index contributed by atoms with van der Waals surface area (Å²) in [5.41, 5.74) is 8.88. The largest absolute Gasteiger partial charge is 0.397 e. The molecule has 2 aromatic carbocycles. The van der Waals surface area contributed by atoms with Gasteiger partial charge in [0, 0.05) is 32.8 Å². The Morgan fingerprint density at radius 2 is 1.08 bits per heavy atom. The van der Waals surface area contributed by atoms with E-state index >= 15 is 0 Å². The Kier molecular flexibility index (Phi) is 9.68. The van der Waals surface area contributed by atoms with E-state index < -0.39 is 0 Å². The molecule has 3 nitrogen and oxygen atoms in total. The van der Waals surface area contributed by atoms with E-state index in [4.69, 9.17) is 11.6 Å². The minimum atomic E-state index is 0. The number of benzene rings is 2. The average Bonchev–Trinajstić information content (AvgIpc) is 3.27. The van der Waals surface area contributed by atoms with Crippen molar-refractivity contribution in [3.8, 4) is 0 Å². The Hall–Kier alpha value is -2.12. The number of rotatable bonds is 6. The van der Waals surface area contributed by atoms with Gasteiger partial charge in [0.15, 0.2) is 0 Å². The molecule has 200 valence electrons. The smallest absolute Gasteiger partial charge is 0.0680 e. The summed E-state index contributed by atoms with van der Waals surface area (Å²) in [4.78, 5) is 8.95. The first kappa shape index (κ1) is 29.4. The van der Waals surface area contributed by atoms with Gasteiger partial charge >= 0.3 is 0 Å². The molecule has 2 aliphatic heterocycles. The number of para-hydroxylation sites is 2. The maximum atomic E-state index is 6.83. The van der Waals surface area contributed by atoms with Gasteiger partial charge in [0.05, 0.1) is 17.2 Å². The van der Waals surface area contributed by atoms with Crippen LogP contribution in [0.1, 0.15) is 108 Å². The number of hydrogen-bond acceptors (Lipinski definition) is 3. The summed E-state index contributed by atoms with van der Waals surface area (Å²) in [5.74, 6) is 2.60. The molecule has 2 aliphatic rings. The first-order valence-corrected chi connectivity index (χ1v) is 13.6. The fourth-order valence-corrected chi connectivity index (χ4v) is 5.42. The summed E-state index contributed by atoms with van der Waals surface area (Å²) in [5, 5.41) is 0.576. The van der Waals surface area contributed by atoms with Crippen LogP contribution in [0.15, 0.2) is 70.2 Å². The molecule has 0 unspecified atom stereocenters. The van der Waals surface area contributed by atoms with Gasteiger partial charge in [-0.2, -0.15) is 0 Å². The molecule has 0 saturated heterocycles. The molecule has 0 aromatic heterocycles. The van der Waals surface area contributed by atoms with Crippen molar-refractivity contribution in [2.45, 2.75) is 85.5 Å². The molecular weight excluding hydrogens is 568 g/mol. The molecule has 2 aromatic rings. The van der Waals surface area contributed by atoms with Crippen LogP contribution in [0.5, 0.6) is 0 Å². The molecule has 0 amide bonds. The zero-order valence-electron chi connectivity index (χ0n) is 23.2. The third-order valence-corrected chi connectivity index (χ3v) is 7.38. The number of allylic oxidation sites excluding steroid dienone is 2. The maximum Gasteiger partial charge on any atom is 0.0680 e. The summed E-state index contributed by atoms with van der Waals surface area (Å²) in [6, 6.07) is 13.4. The second-order valence-corrected chi connectivity index (χ2v) is 11.3. The Bertz CT molecular complexity index is 1120. The fraction of sp³-hybridized carbons (Fsp3) is 0.406. The van der Waals surface area contributed by atoms with E-state index in [1.807, 2.05) is 6.21 Å². The molecule has 0 radical (unpaired) electrons. The molecule has 0 saturated carbocycles. The monoisotopic (exact) mass is 606 g/mol. The number of aliphatic imine (C=N–C) groups is 1. The van der Waals surface area contributed by atoms with Crippen LogP contribution in [0, 0.1) is 6.20 Å². The summed E-state index contributed by atoms with van der Waals surface area (Å²) >= 11 is 6.83. The molecule has 5 heteroatoms. The third-order valence-electron chi connectivity index (χ3n) is 7.07. The van der Waals surface area contributed by atoms with Crippen molar-refractivity contribution in [2.24, 2.45) is 4.99 Å². The summed E-state index contributed by atoms with van der Waals surface area (Å²) in [7, 11) is 0. The Labute approximate surface area is 242 Å². The summed E-state index contributed by atoms with van der Waals surface area (Å²) < 4.78 is 0. The molecule has 4 rings (SSSR count). The van der Waals surface area contributed by atoms with Crippen LogP contribution in [-0.2, 0) is 20.4 Å². The van der Waals surface area contributed by atoms with Crippen LogP contribution in [0.3, 0.4) is 0 Å². The second kappa shape index (κ2) is 12.2. The zero-order chi connectivity index (χ0) is 26.1. The van der Waals surface area contributed by atoms with Crippen molar-refractivity contribution in [1.29, 1.82) is 0 Å². The Balaban J connectivity index is 0.00000380. The summed E-state index contributed by atoms with van der Waals surface area (Å²) in [6.07, 6.45) is 10.0. The molecular formula is C32H39ClN3Pd-. The van der Waals surface area contributed by atoms with Crippen LogP contribution in [0.25, 0.3) is 0 Å². The number of halogens is 1. The Morgan fingerprint density at radius 3 is 1.41 bits per heavy atom. The molecule has 2 heterocycles.